The van der Waals surface area contributed by atoms with Gasteiger partial charge in [-0.15, -0.1) is 0 Å². The Morgan fingerprint density at radius 3 is 2.46 bits per heavy atom. The first kappa shape index (κ1) is 23.7. The summed E-state index contributed by atoms with van der Waals surface area (Å²) in [4.78, 5) is 7.19. The molecule has 37 heavy (non-hydrogen) atoms. The summed E-state index contributed by atoms with van der Waals surface area (Å²) in [5.74, 6) is 1.37. The number of aryl methyl sites for hydroxylation is 1. The van der Waals surface area contributed by atoms with Crippen LogP contribution in [0.4, 0.5) is 5.69 Å². The van der Waals surface area contributed by atoms with Gasteiger partial charge in [-0.1, -0.05) is 30.3 Å². The number of rotatable bonds is 8. The second-order valence-electron chi connectivity index (χ2n) is 10.3. The quantitative estimate of drug-likeness (QED) is 0.340. The van der Waals surface area contributed by atoms with E-state index in [1.54, 1.807) is 0 Å². The van der Waals surface area contributed by atoms with E-state index in [2.05, 4.69) is 83.6 Å². The lowest BCUT2D eigenvalue weighted by molar-refractivity contribution is 0.315. The first-order valence-electron chi connectivity index (χ1n) is 13.5. The minimum absolute atomic E-state index is 0.0639. The van der Waals surface area contributed by atoms with E-state index in [1.807, 2.05) is 23.1 Å². The second-order valence-corrected chi connectivity index (χ2v) is 10.3. The molecule has 1 aliphatic heterocycles. The van der Waals surface area contributed by atoms with Crippen molar-refractivity contribution >= 4 is 5.69 Å². The average Bonchev–Trinajstić information content (AvgIpc) is 3.67. The van der Waals surface area contributed by atoms with Gasteiger partial charge in [0.2, 0.25) is 5.88 Å². The van der Waals surface area contributed by atoms with E-state index in [0.717, 1.165) is 30.0 Å². The van der Waals surface area contributed by atoms with Gasteiger partial charge in [0.25, 0.3) is 0 Å². The Morgan fingerprint density at radius 2 is 1.78 bits per heavy atom. The molecule has 6 rings (SSSR count). The molecule has 2 aromatic heterocycles. The third kappa shape index (κ3) is 4.74. The Morgan fingerprint density at radius 1 is 0.973 bits per heavy atom. The number of fused-ring (bicyclic) bond motifs is 1. The maximum Gasteiger partial charge on any atom is 0.213 e. The molecule has 2 aliphatic rings. The monoisotopic (exact) mass is 493 g/mol. The predicted molar refractivity (Wildman–Crippen MR) is 148 cm³/mol. The number of nitrogens with zero attached hydrogens (tertiary/aromatic N) is 4. The SMILES string of the molecule is CCn1cc(-c2ccc3c(c2)C[C@@H](C)N(c2ccc(C4CC4)cc2)[C@@H]3c2ccc(OCCN)nc2)cn1. The van der Waals surface area contributed by atoms with E-state index in [0.29, 0.717) is 25.1 Å². The number of benzene rings is 2. The summed E-state index contributed by atoms with van der Waals surface area (Å²) in [5, 5.41) is 4.49. The Labute approximate surface area is 219 Å². The summed E-state index contributed by atoms with van der Waals surface area (Å²) in [6, 6.07) is 20.7. The summed E-state index contributed by atoms with van der Waals surface area (Å²) in [7, 11) is 0. The fraction of sp³-hybridized carbons (Fsp3) is 0.355. The maximum atomic E-state index is 5.66. The van der Waals surface area contributed by atoms with Gasteiger partial charge in [0, 0.05) is 48.8 Å². The molecule has 6 heteroatoms. The molecule has 3 heterocycles. The van der Waals surface area contributed by atoms with Crippen molar-refractivity contribution in [3.05, 3.63) is 95.4 Å². The number of ether oxygens (including phenoxy) is 1. The van der Waals surface area contributed by atoms with E-state index in [9.17, 15) is 0 Å². The Balaban J connectivity index is 1.40. The van der Waals surface area contributed by atoms with Gasteiger partial charge in [-0.2, -0.15) is 5.10 Å². The zero-order chi connectivity index (χ0) is 25.4. The smallest absolute Gasteiger partial charge is 0.213 e. The number of aromatic nitrogens is 3. The van der Waals surface area contributed by atoms with Crippen molar-refractivity contribution in [3.8, 4) is 17.0 Å². The topological polar surface area (TPSA) is 69.2 Å². The Kier molecular flexibility index (Phi) is 6.43. The lowest BCUT2D eigenvalue weighted by Gasteiger charge is -2.44. The molecule has 0 radical (unpaired) electrons. The Hall–Kier alpha value is -3.64. The molecule has 6 nitrogen and oxygen atoms in total. The van der Waals surface area contributed by atoms with Crippen molar-refractivity contribution in [2.24, 2.45) is 5.73 Å². The maximum absolute atomic E-state index is 5.66. The van der Waals surface area contributed by atoms with Crippen LogP contribution in [0.15, 0.2) is 73.2 Å². The largest absolute Gasteiger partial charge is 0.476 e. The van der Waals surface area contributed by atoms with Crippen molar-refractivity contribution in [2.45, 2.75) is 57.7 Å². The van der Waals surface area contributed by atoms with Crippen molar-refractivity contribution in [2.75, 3.05) is 18.1 Å². The lowest BCUT2D eigenvalue weighted by atomic mass is 9.83. The molecular formula is C31H35N5O. The van der Waals surface area contributed by atoms with Crippen molar-refractivity contribution in [1.29, 1.82) is 0 Å². The van der Waals surface area contributed by atoms with Crippen LogP contribution in [-0.2, 0) is 13.0 Å². The number of pyridine rings is 1. The van der Waals surface area contributed by atoms with Gasteiger partial charge >= 0.3 is 0 Å². The predicted octanol–water partition coefficient (Wildman–Crippen LogP) is 5.72. The molecule has 0 unspecified atom stereocenters. The molecule has 0 spiro atoms. The molecule has 190 valence electrons. The number of anilines is 1. The summed E-state index contributed by atoms with van der Waals surface area (Å²) in [5.41, 5.74) is 14.6. The van der Waals surface area contributed by atoms with Crippen molar-refractivity contribution in [1.82, 2.24) is 14.8 Å². The highest BCUT2D eigenvalue weighted by molar-refractivity contribution is 5.66. The zero-order valence-corrected chi connectivity index (χ0v) is 21.7. The van der Waals surface area contributed by atoms with Crippen LogP contribution < -0.4 is 15.4 Å². The number of hydrogen-bond acceptors (Lipinski definition) is 5. The van der Waals surface area contributed by atoms with E-state index in [-0.39, 0.29) is 6.04 Å². The van der Waals surface area contributed by atoms with Crippen LogP contribution in [0.2, 0.25) is 0 Å². The van der Waals surface area contributed by atoms with Crippen molar-refractivity contribution < 1.29 is 4.74 Å². The zero-order valence-electron chi connectivity index (χ0n) is 21.7. The number of hydrogen-bond donors (Lipinski definition) is 1. The lowest BCUT2D eigenvalue weighted by Crippen LogP contribution is -2.43. The van der Waals surface area contributed by atoms with Crippen LogP contribution in [-0.4, -0.2) is 34.0 Å². The van der Waals surface area contributed by atoms with Gasteiger partial charge in [0.1, 0.15) is 6.61 Å². The minimum atomic E-state index is 0.0639. The molecule has 2 atom stereocenters. The molecule has 2 N–H and O–H groups in total. The molecule has 0 saturated heterocycles. The second kappa shape index (κ2) is 10.0. The normalized spacial score (nSPS) is 19.1. The van der Waals surface area contributed by atoms with Crippen LogP contribution in [0.5, 0.6) is 5.88 Å². The summed E-state index contributed by atoms with van der Waals surface area (Å²) >= 11 is 0. The first-order valence-corrected chi connectivity index (χ1v) is 13.5. The molecule has 1 fully saturated rings. The molecule has 4 aromatic rings. The molecule has 2 aromatic carbocycles. The molecule has 0 amide bonds. The van der Waals surface area contributed by atoms with Crippen molar-refractivity contribution in [3.63, 3.8) is 0 Å². The van der Waals surface area contributed by atoms with E-state index < -0.39 is 0 Å². The molecule has 0 bridgehead atoms. The van der Waals surface area contributed by atoms with E-state index in [4.69, 9.17) is 10.5 Å². The number of nitrogens with two attached hydrogens (primary N) is 1. The van der Waals surface area contributed by atoms with Crippen LogP contribution in [0.1, 0.15) is 60.9 Å². The first-order chi connectivity index (χ1) is 18.1. The fourth-order valence-corrected chi connectivity index (χ4v) is 5.62. The van der Waals surface area contributed by atoms with E-state index >= 15 is 0 Å². The van der Waals surface area contributed by atoms with Crippen LogP contribution in [0.3, 0.4) is 0 Å². The Bertz CT molecular complexity index is 1360. The summed E-state index contributed by atoms with van der Waals surface area (Å²) in [6.07, 6.45) is 9.68. The summed E-state index contributed by atoms with van der Waals surface area (Å²) < 4.78 is 7.64. The van der Waals surface area contributed by atoms with Gasteiger partial charge in [-0.3, -0.25) is 4.68 Å². The van der Waals surface area contributed by atoms with Crippen LogP contribution in [0, 0.1) is 0 Å². The molecule has 1 saturated carbocycles. The fourth-order valence-electron chi connectivity index (χ4n) is 5.62. The van der Waals surface area contributed by atoms with Gasteiger partial charge in [0.05, 0.1) is 12.2 Å². The van der Waals surface area contributed by atoms with Crippen LogP contribution in [0.25, 0.3) is 11.1 Å². The van der Waals surface area contributed by atoms with Gasteiger partial charge in [-0.25, -0.2) is 4.98 Å². The van der Waals surface area contributed by atoms with Crippen LogP contribution >= 0.6 is 0 Å². The van der Waals surface area contributed by atoms with Gasteiger partial charge in [0.15, 0.2) is 0 Å². The third-order valence-corrected chi connectivity index (χ3v) is 7.68. The summed E-state index contributed by atoms with van der Waals surface area (Å²) in [6.45, 7) is 6.25. The highest BCUT2D eigenvalue weighted by Gasteiger charge is 2.34. The highest BCUT2D eigenvalue weighted by atomic mass is 16.5. The van der Waals surface area contributed by atoms with Gasteiger partial charge < -0.3 is 15.4 Å². The van der Waals surface area contributed by atoms with E-state index in [1.165, 1.54) is 40.8 Å². The standard InChI is InChI=1S/C31H35N5O/c1-3-35-20-27(19-34-35)24-8-12-29-26(17-24)16-21(2)36(28-10-6-23(7-11-28)22-4-5-22)31(29)25-9-13-30(33-18-25)37-15-14-32/h6-13,17-22,31H,3-5,14-16,32H2,1-2H3/t21-,31-/m1/s1. The third-order valence-electron chi connectivity index (χ3n) is 7.68. The van der Waals surface area contributed by atoms with Gasteiger partial charge in [-0.05, 0) is 85.0 Å². The molecular weight excluding hydrogens is 458 g/mol. The molecule has 1 aliphatic carbocycles. The minimum Gasteiger partial charge on any atom is -0.476 e. The highest BCUT2D eigenvalue weighted by Crippen LogP contribution is 2.44. The average molecular weight is 494 g/mol.